The van der Waals surface area contributed by atoms with Gasteiger partial charge in [0.2, 0.25) is 0 Å². The second-order valence-electron chi connectivity index (χ2n) is 12.0. The van der Waals surface area contributed by atoms with Gasteiger partial charge in [0.05, 0.1) is 12.1 Å². The Hall–Kier alpha value is -6.06. The number of rotatable bonds is 4. The molecular weight excluding hydrogens is 672 g/mol. The molecule has 9 heterocycles. The van der Waals surface area contributed by atoms with Crippen LogP contribution in [-0.4, -0.2) is 42.0 Å². The van der Waals surface area contributed by atoms with Gasteiger partial charge in [-0.1, -0.05) is 12.2 Å². The van der Waals surface area contributed by atoms with E-state index >= 15 is 0 Å². The lowest BCUT2D eigenvalue weighted by Gasteiger charge is -2.19. The van der Waals surface area contributed by atoms with E-state index in [4.69, 9.17) is 0 Å². The van der Waals surface area contributed by atoms with Crippen LogP contribution in [0.15, 0.2) is 156 Å². The zero-order valence-electron chi connectivity index (χ0n) is 26.1. The Labute approximate surface area is 290 Å². The average Bonchev–Trinajstić information content (AvgIpc) is 3.97. The summed E-state index contributed by atoms with van der Waals surface area (Å²) in [6.45, 7) is 0. The van der Waals surface area contributed by atoms with Gasteiger partial charge in [-0.25, -0.2) is 0 Å². The third-order valence-electron chi connectivity index (χ3n) is 9.13. The molecule has 4 N–H and O–H groups in total. The topological polar surface area (TPSA) is 107 Å². The third kappa shape index (κ3) is 5.34. The summed E-state index contributed by atoms with van der Waals surface area (Å²) in [4.78, 5) is 25.1. The smallest absolute Gasteiger partial charge is 0.0728 e. The maximum atomic E-state index is 4.55. The fourth-order valence-corrected chi connectivity index (χ4v) is 7.37. The van der Waals surface area contributed by atoms with Crippen molar-refractivity contribution in [1.82, 2.24) is 40.5 Å². The molecule has 0 spiro atoms. The van der Waals surface area contributed by atoms with Crippen LogP contribution in [0.5, 0.6) is 0 Å². The van der Waals surface area contributed by atoms with Crippen molar-refractivity contribution in [2.24, 2.45) is 0 Å². The standard InChI is InChI=1S/C40H29BrN8/c41-28-21-27(22-45-23-28)40-35-7-5-33(48-35)38(25-11-17-43-18-12-25)31-3-1-29(46-31)37(24-9-15-42-16-10-24)30-2-4-32(47-30)39(26-13-19-44-20-14-26)34-6-8-36(40)49-34/h1-23,31,36,46-49H/b37-29-,38-33-,39-34-,40-35-. The van der Waals surface area contributed by atoms with Gasteiger partial charge in [-0.3, -0.25) is 19.9 Å². The summed E-state index contributed by atoms with van der Waals surface area (Å²) < 4.78 is 0.916. The number of aromatic nitrogens is 6. The van der Waals surface area contributed by atoms with Crippen LogP contribution < -0.4 is 21.3 Å². The van der Waals surface area contributed by atoms with Gasteiger partial charge < -0.3 is 20.6 Å². The Bertz CT molecular complexity index is 2460. The number of fused-ring (bicyclic) bond motifs is 8. The van der Waals surface area contributed by atoms with Crippen molar-refractivity contribution >= 4 is 38.2 Å². The van der Waals surface area contributed by atoms with E-state index in [0.29, 0.717) is 0 Å². The fraction of sp³-hybridized carbons (Fsp3) is 0.0500. The lowest BCUT2D eigenvalue weighted by atomic mass is 9.99. The van der Waals surface area contributed by atoms with Gasteiger partial charge in [0.25, 0.3) is 0 Å². The van der Waals surface area contributed by atoms with Crippen molar-refractivity contribution in [2.75, 3.05) is 0 Å². The van der Waals surface area contributed by atoms with Crippen LogP contribution in [0.25, 0.3) is 22.3 Å². The fourth-order valence-electron chi connectivity index (χ4n) is 7.00. The Morgan fingerprint density at radius 3 is 1.49 bits per heavy atom. The predicted octanol–water partition coefficient (Wildman–Crippen LogP) is 5.37. The van der Waals surface area contributed by atoms with Gasteiger partial charge in [0.1, 0.15) is 0 Å². The van der Waals surface area contributed by atoms with E-state index < -0.39 is 0 Å². The van der Waals surface area contributed by atoms with Crippen LogP contribution in [0.2, 0.25) is 0 Å². The first kappa shape index (κ1) is 29.1. The maximum absolute atomic E-state index is 4.55. The normalized spacial score (nSPS) is 23.4. The summed E-state index contributed by atoms with van der Waals surface area (Å²) in [6.07, 6.45) is 23.6. The minimum absolute atomic E-state index is 0.109. The van der Waals surface area contributed by atoms with Crippen LogP contribution in [-0.2, 0) is 0 Å². The van der Waals surface area contributed by atoms with Crippen molar-refractivity contribution in [3.8, 4) is 0 Å². The van der Waals surface area contributed by atoms with Crippen molar-refractivity contribution in [1.29, 1.82) is 0 Å². The van der Waals surface area contributed by atoms with Gasteiger partial charge >= 0.3 is 0 Å². The SMILES string of the molecule is Brc1cncc(/C2=c3\cc/c([nH]3)=C(\c3ccncc3)C3C=C/C(=C(\c4ccncc4)c4ccc([nH]4)/C(c4ccncc4)=C4/C=CC2N4)N3)c1. The lowest BCUT2D eigenvalue weighted by Crippen LogP contribution is -2.32. The molecule has 9 heteroatoms. The summed E-state index contributed by atoms with van der Waals surface area (Å²) in [6, 6.07) is 22.9. The Kier molecular flexibility index (Phi) is 7.24. The molecule has 236 valence electrons. The van der Waals surface area contributed by atoms with Gasteiger partial charge in [-0.2, -0.15) is 0 Å². The molecule has 0 radical (unpaired) electrons. The molecule has 3 aliphatic heterocycles. The Balaban J connectivity index is 1.36. The first-order valence-electron chi connectivity index (χ1n) is 16.0. The average molecular weight is 702 g/mol. The first-order chi connectivity index (χ1) is 24.2. The zero-order chi connectivity index (χ0) is 32.7. The summed E-state index contributed by atoms with van der Waals surface area (Å²) in [5.41, 5.74) is 12.5. The number of hydrogen-bond donors (Lipinski definition) is 4. The molecule has 0 saturated heterocycles. The van der Waals surface area contributed by atoms with Crippen LogP contribution in [0.3, 0.4) is 0 Å². The molecule has 0 saturated carbocycles. The highest BCUT2D eigenvalue weighted by atomic mass is 79.9. The molecule has 8 nitrogen and oxygen atoms in total. The minimum atomic E-state index is -0.135. The van der Waals surface area contributed by atoms with E-state index in [9.17, 15) is 0 Å². The van der Waals surface area contributed by atoms with E-state index in [1.54, 1.807) is 0 Å². The maximum Gasteiger partial charge on any atom is 0.0728 e. The van der Waals surface area contributed by atoms with Crippen molar-refractivity contribution in [2.45, 2.75) is 12.1 Å². The summed E-state index contributed by atoms with van der Waals surface area (Å²) in [7, 11) is 0. The molecule has 0 aliphatic carbocycles. The van der Waals surface area contributed by atoms with Crippen molar-refractivity contribution < 1.29 is 0 Å². The molecule has 0 fully saturated rings. The molecule has 3 aliphatic rings. The summed E-state index contributed by atoms with van der Waals surface area (Å²) in [5.74, 6) is 0. The number of nitrogens with one attached hydrogen (secondary N) is 4. The van der Waals surface area contributed by atoms with Crippen LogP contribution in [0.4, 0.5) is 0 Å². The highest BCUT2D eigenvalue weighted by Gasteiger charge is 2.27. The number of allylic oxidation sites excluding steroid dienone is 2. The van der Waals surface area contributed by atoms with Gasteiger partial charge in [-0.05, 0) is 112 Å². The zero-order valence-corrected chi connectivity index (χ0v) is 27.7. The number of aromatic amines is 2. The molecule has 2 unspecified atom stereocenters. The molecular formula is C40H29BrN8. The van der Waals surface area contributed by atoms with Gasteiger partial charge in [-0.15, -0.1) is 0 Å². The molecule has 6 aromatic heterocycles. The second-order valence-corrected chi connectivity index (χ2v) is 13.0. The minimum Gasteiger partial charge on any atom is -0.374 e. The van der Waals surface area contributed by atoms with E-state index in [0.717, 1.165) is 82.5 Å². The number of pyridine rings is 4. The second kappa shape index (κ2) is 12.2. The Morgan fingerprint density at radius 2 is 0.980 bits per heavy atom. The van der Waals surface area contributed by atoms with Crippen molar-refractivity contribution in [3.63, 3.8) is 0 Å². The highest BCUT2D eigenvalue weighted by Crippen LogP contribution is 2.35. The predicted molar refractivity (Wildman–Crippen MR) is 195 cm³/mol. The Morgan fingerprint density at radius 1 is 0.490 bits per heavy atom. The number of nitrogens with zero attached hydrogens (tertiary/aromatic N) is 4. The molecule has 8 bridgehead atoms. The monoisotopic (exact) mass is 700 g/mol. The van der Waals surface area contributed by atoms with E-state index in [2.05, 4.69) is 148 Å². The molecule has 0 amide bonds. The summed E-state index contributed by atoms with van der Waals surface area (Å²) >= 11 is 3.66. The van der Waals surface area contributed by atoms with Gasteiger partial charge in [0.15, 0.2) is 0 Å². The van der Waals surface area contributed by atoms with Crippen LogP contribution >= 0.6 is 15.9 Å². The largest absolute Gasteiger partial charge is 0.374 e. The van der Waals surface area contributed by atoms with E-state index in [-0.39, 0.29) is 12.1 Å². The number of halogens is 1. The van der Waals surface area contributed by atoms with Crippen molar-refractivity contribution in [3.05, 3.63) is 201 Å². The molecule has 0 aromatic carbocycles. The lowest BCUT2D eigenvalue weighted by molar-refractivity contribution is 0.849. The number of hydrogen-bond acceptors (Lipinski definition) is 6. The van der Waals surface area contributed by atoms with Gasteiger partial charge in [0, 0.05) is 115 Å². The third-order valence-corrected chi connectivity index (χ3v) is 9.56. The number of H-pyrrole nitrogens is 2. The van der Waals surface area contributed by atoms with Crippen LogP contribution in [0, 0.1) is 0 Å². The summed E-state index contributed by atoms with van der Waals surface area (Å²) in [5, 5.41) is 9.76. The molecule has 6 aromatic rings. The molecule has 49 heavy (non-hydrogen) atoms. The van der Waals surface area contributed by atoms with E-state index in [1.807, 2.05) is 49.6 Å². The van der Waals surface area contributed by atoms with Crippen LogP contribution in [0.1, 0.15) is 33.6 Å². The molecule has 9 rings (SSSR count). The molecule has 2 atom stereocenters. The first-order valence-corrected chi connectivity index (χ1v) is 16.8. The van der Waals surface area contributed by atoms with E-state index in [1.165, 1.54) is 0 Å². The highest BCUT2D eigenvalue weighted by molar-refractivity contribution is 9.10. The quantitative estimate of drug-likeness (QED) is 0.197.